The Morgan fingerprint density at radius 1 is 0.957 bits per heavy atom. The molecule has 23 heavy (non-hydrogen) atoms. The zero-order valence-electron chi connectivity index (χ0n) is 13.0. The van der Waals surface area contributed by atoms with Gasteiger partial charge in [-0.15, -0.1) is 23.7 Å². The molecule has 2 nitrogen and oxygen atoms in total. The van der Waals surface area contributed by atoms with Crippen LogP contribution >= 0.6 is 23.7 Å². The molecule has 2 N–H and O–H groups in total. The molecule has 1 heterocycles. The molecule has 0 saturated heterocycles. The van der Waals surface area contributed by atoms with E-state index in [4.69, 9.17) is 10.5 Å². The van der Waals surface area contributed by atoms with Crippen molar-refractivity contribution in [1.82, 2.24) is 0 Å². The van der Waals surface area contributed by atoms with E-state index in [0.717, 1.165) is 16.9 Å². The Labute approximate surface area is 147 Å². The predicted molar refractivity (Wildman–Crippen MR) is 100 cm³/mol. The highest BCUT2D eigenvalue weighted by Crippen LogP contribution is 2.31. The van der Waals surface area contributed by atoms with Gasteiger partial charge >= 0.3 is 0 Å². The van der Waals surface area contributed by atoms with Gasteiger partial charge in [-0.3, -0.25) is 0 Å². The van der Waals surface area contributed by atoms with E-state index in [1.165, 1.54) is 15.3 Å². The van der Waals surface area contributed by atoms with Crippen molar-refractivity contribution in [2.24, 2.45) is 5.73 Å². The lowest BCUT2D eigenvalue weighted by Gasteiger charge is -2.10. The summed E-state index contributed by atoms with van der Waals surface area (Å²) in [7, 11) is 0. The van der Waals surface area contributed by atoms with Crippen LogP contribution in [0.4, 0.5) is 0 Å². The maximum atomic E-state index is 5.95. The highest BCUT2D eigenvalue weighted by Gasteiger charge is 2.06. The second-order valence-corrected chi connectivity index (χ2v) is 6.54. The smallest absolute Gasteiger partial charge is 0.120 e. The summed E-state index contributed by atoms with van der Waals surface area (Å²) in [4.78, 5) is 2.55. The molecule has 4 heteroatoms. The molecule has 0 amide bonds. The fourth-order valence-electron chi connectivity index (χ4n) is 2.33. The van der Waals surface area contributed by atoms with E-state index >= 15 is 0 Å². The summed E-state index contributed by atoms with van der Waals surface area (Å²) >= 11 is 1.79. The molecule has 0 fully saturated rings. The molecule has 0 radical (unpaired) electrons. The zero-order chi connectivity index (χ0) is 15.4. The molecule has 0 bridgehead atoms. The zero-order valence-corrected chi connectivity index (χ0v) is 14.6. The Kier molecular flexibility index (Phi) is 6.22. The third kappa shape index (κ3) is 4.58. The first-order chi connectivity index (χ1) is 10.7. The van der Waals surface area contributed by atoms with E-state index in [9.17, 15) is 0 Å². The molecule has 120 valence electrons. The van der Waals surface area contributed by atoms with Crippen molar-refractivity contribution in [2.45, 2.75) is 20.1 Å². The standard InChI is InChI=1S/C19H19NOS.ClH/c1-14-7-8-19(22-14)17-9-16(12-20)10-18(11-17)21-13-15-5-3-2-4-6-15;/h2-11H,12-13,20H2,1H3;1H. The van der Waals surface area contributed by atoms with Gasteiger partial charge in [-0.05, 0) is 53.9 Å². The maximum absolute atomic E-state index is 5.95. The summed E-state index contributed by atoms with van der Waals surface area (Å²) in [5.74, 6) is 0.868. The van der Waals surface area contributed by atoms with Crippen molar-refractivity contribution in [3.8, 4) is 16.2 Å². The third-order valence-electron chi connectivity index (χ3n) is 3.48. The van der Waals surface area contributed by atoms with Crippen LogP contribution < -0.4 is 10.5 Å². The van der Waals surface area contributed by atoms with Gasteiger partial charge in [0.2, 0.25) is 0 Å². The van der Waals surface area contributed by atoms with Crippen molar-refractivity contribution in [2.75, 3.05) is 0 Å². The highest BCUT2D eigenvalue weighted by molar-refractivity contribution is 7.15. The lowest BCUT2D eigenvalue weighted by atomic mass is 10.1. The maximum Gasteiger partial charge on any atom is 0.120 e. The first-order valence-corrected chi connectivity index (χ1v) is 8.14. The molecule has 0 aliphatic carbocycles. The van der Waals surface area contributed by atoms with Gasteiger partial charge in [0.25, 0.3) is 0 Å². The Balaban J connectivity index is 0.00000192. The molecule has 0 aliphatic rings. The fraction of sp³-hybridized carbons (Fsp3) is 0.158. The van der Waals surface area contributed by atoms with E-state index in [0.29, 0.717) is 13.2 Å². The molecule has 3 rings (SSSR count). The SMILES string of the molecule is Cc1ccc(-c2cc(CN)cc(OCc3ccccc3)c2)s1.Cl. The minimum Gasteiger partial charge on any atom is -0.489 e. The molecule has 2 aromatic carbocycles. The molecule has 3 aromatic rings. The van der Waals surface area contributed by atoms with Gasteiger partial charge in [-0.1, -0.05) is 30.3 Å². The van der Waals surface area contributed by atoms with Crippen molar-refractivity contribution < 1.29 is 4.74 Å². The molecule has 1 aromatic heterocycles. The second kappa shape index (κ2) is 8.16. The van der Waals surface area contributed by atoms with Gasteiger partial charge in [-0.2, -0.15) is 0 Å². The van der Waals surface area contributed by atoms with Crippen LogP contribution in [-0.2, 0) is 13.2 Å². The van der Waals surface area contributed by atoms with E-state index in [1.54, 1.807) is 11.3 Å². The minimum absolute atomic E-state index is 0. The van der Waals surface area contributed by atoms with Crippen LogP contribution in [0.2, 0.25) is 0 Å². The number of halogens is 1. The average molecular weight is 346 g/mol. The van der Waals surface area contributed by atoms with Gasteiger partial charge in [0.15, 0.2) is 0 Å². The quantitative estimate of drug-likeness (QED) is 0.691. The Hall–Kier alpha value is -1.81. The monoisotopic (exact) mass is 345 g/mol. The van der Waals surface area contributed by atoms with Gasteiger partial charge in [0.1, 0.15) is 12.4 Å². The number of aryl methyl sites for hydroxylation is 1. The van der Waals surface area contributed by atoms with Crippen LogP contribution in [0.25, 0.3) is 10.4 Å². The minimum atomic E-state index is 0. The molecule has 0 saturated carbocycles. The van der Waals surface area contributed by atoms with Gasteiger partial charge < -0.3 is 10.5 Å². The van der Waals surface area contributed by atoms with Crippen LogP contribution in [0.15, 0.2) is 60.7 Å². The normalized spacial score (nSPS) is 10.2. The summed E-state index contributed by atoms with van der Waals surface area (Å²) in [6.45, 7) is 3.20. The fourth-order valence-corrected chi connectivity index (χ4v) is 3.19. The number of nitrogens with two attached hydrogens (primary N) is 1. The van der Waals surface area contributed by atoms with Gasteiger partial charge in [-0.25, -0.2) is 0 Å². The van der Waals surface area contributed by atoms with Gasteiger partial charge in [0.05, 0.1) is 0 Å². The van der Waals surface area contributed by atoms with Crippen LogP contribution in [0.3, 0.4) is 0 Å². The number of hydrogen-bond donors (Lipinski definition) is 1. The molecular formula is C19H20ClNOS. The number of hydrogen-bond acceptors (Lipinski definition) is 3. The summed E-state index contributed by atoms with van der Waals surface area (Å²) in [5, 5.41) is 0. The van der Waals surface area contributed by atoms with Gasteiger partial charge in [0, 0.05) is 16.3 Å². The van der Waals surface area contributed by atoms with E-state index in [2.05, 4.69) is 43.3 Å². The summed E-state index contributed by atoms with van der Waals surface area (Å²) in [6.07, 6.45) is 0. The second-order valence-electron chi connectivity index (χ2n) is 5.25. The number of thiophene rings is 1. The largest absolute Gasteiger partial charge is 0.489 e. The van der Waals surface area contributed by atoms with E-state index in [-0.39, 0.29) is 12.4 Å². The van der Waals surface area contributed by atoms with Crippen LogP contribution in [0.5, 0.6) is 5.75 Å². The summed E-state index contributed by atoms with van der Waals surface area (Å²) < 4.78 is 5.95. The molecule has 0 atom stereocenters. The van der Waals surface area contributed by atoms with Crippen LogP contribution in [0.1, 0.15) is 16.0 Å². The number of ether oxygens (including phenoxy) is 1. The Morgan fingerprint density at radius 3 is 2.39 bits per heavy atom. The average Bonchev–Trinajstić information content (AvgIpc) is 3.00. The first-order valence-electron chi connectivity index (χ1n) is 7.32. The van der Waals surface area contributed by atoms with Crippen molar-refractivity contribution in [3.05, 3.63) is 76.7 Å². The third-order valence-corrected chi connectivity index (χ3v) is 4.52. The Bertz CT molecular complexity index is 755. The lowest BCUT2D eigenvalue weighted by Crippen LogP contribution is -1.99. The molecule has 0 spiro atoms. The van der Waals surface area contributed by atoms with Crippen LogP contribution in [0, 0.1) is 6.92 Å². The highest BCUT2D eigenvalue weighted by atomic mass is 35.5. The lowest BCUT2D eigenvalue weighted by molar-refractivity contribution is 0.306. The van der Waals surface area contributed by atoms with Crippen molar-refractivity contribution >= 4 is 23.7 Å². The number of rotatable bonds is 5. The molecular weight excluding hydrogens is 326 g/mol. The van der Waals surface area contributed by atoms with Crippen molar-refractivity contribution in [1.29, 1.82) is 0 Å². The molecule has 0 aliphatic heterocycles. The van der Waals surface area contributed by atoms with E-state index in [1.807, 2.05) is 24.3 Å². The van der Waals surface area contributed by atoms with Crippen molar-refractivity contribution in [3.63, 3.8) is 0 Å². The number of benzene rings is 2. The summed E-state index contributed by atoms with van der Waals surface area (Å²) in [5.41, 5.74) is 9.25. The van der Waals surface area contributed by atoms with Crippen LogP contribution in [-0.4, -0.2) is 0 Å². The molecule has 0 unspecified atom stereocenters. The topological polar surface area (TPSA) is 35.2 Å². The Morgan fingerprint density at radius 2 is 1.74 bits per heavy atom. The first kappa shape index (κ1) is 17.5. The summed E-state index contributed by atoms with van der Waals surface area (Å²) in [6, 6.07) is 20.7. The van der Waals surface area contributed by atoms with E-state index < -0.39 is 0 Å². The predicted octanol–water partition coefficient (Wildman–Crippen LogP) is 5.18.